The van der Waals surface area contributed by atoms with Crippen LogP contribution in [0.4, 0.5) is 8.78 Å². The van der Waals surface area contributed by atoms with Gasteiger partial charge in [-0.3, -0.25) is 14.6 Å². The molecule has 2 amide bonds. The molecule has 5 rings (SSSR count). The molecular formula is C29H33F2N5O2. The lowest BCUT2D eigenvalue weighted by atomic mass is 9.81. The van der Waals surface area contributed by atoms with Crippen LogP contribution in [0.5, 0.6) is 0 Å². The summed E-state index contributed by atoms with van der Waals surface area (Å²) in [6.07, 6.45) is 11.9. The smallest absolute Gasteiger partial charge is 0.246 e. The Hall–Kier alpha value is -3.59. The number of piperidine rings is 1. The van der Waals surface area contributed by atoms with Gasteiger partial charge in [0.15, 0.2) is 0 Å². The van der Waals surface area contributed by atoms with Crippen molar-refractivity contribution in [3.8, 4) is 0 Å². The monoisotopic (exact) mass is 521 g/mol. The summed E-state index contributed by atoms with van der Waals surface area (Å²) in [5.41, 5.74) is 9.47. The lowest BCUT2D eigenvalue weighted by molar-refractivity contribution is -0.128. The van der Waals surface area contributed by atoms with Gasteiger partial charge >= 0.3 is 0 Å². The van der Waals surface area contributed by atoms with Crippen LogP contribution in [-0.2, 0) is 9.59 Å². The maximum Gasteiger partial charge on any atom is 0.246 e. The Morgan fingerprint density at radius 2 is 1.79 bits per heavy atom. The number of aromatic nitrogens is 2. The SMILES string of the molecule is NC(=O)C(NC1CCC(c2c[nH]c3cccnc23)CC1)C1CCN(C(=O)C=Cc2cc(F)cc(F)c2)CC1. The van der Waals surface area contributed by atoms with Gasteiger partial charge in [0.25, 0.3) is 0 Å². The lowest BCUT2D eigenvalue weighted by Gasteiger charge is -2.38. The van der Waals surface area contributed by atoms with Crippen LogP contribution in [0, 0.1) is 17.6 Å². The minimum absolute atomic E-state index is 0.0494. The number of nitrogens with two attached hydrogens (primary N) is 1. The number of H-pyrrole nitrogens is 1. The number of likely N-dealkylation sites (tertiary alicyclic amines) is 1. The zero-order chi connectivity index (χ0) is 26.6. The van der Waals surface area contributed by atoms with Crippen LogP contribution in [-0.4, -0.2) is 51.9 Å². The number of rotatable bonds is 7. The van der Waals surface area contributed by atoms with E-state index in [1.165, 1.54) is 29.8 Å². The second-order valence-electron chi connectivity index (χ2n) is 10.4. The van der Waals surface area contributed by atoms with Crippen LogP contribution in [0.1, 0.15) is 55.6 Å². The number of benzene rings is 1. The lowest BCUT2D eigenvalue weighted by Crippen LogP contribution is -2.54. The Bertz CT molecular complexity index is 1300. The van der Waals surface area contributed by atoms with Crippen LogP contribution in [0.15, 0.2) is 48.8 Å². The number of amides is 2. The van der Waals surface area contributed by atoms with Crippen LogP contribution < -0.4 is 11.1 Å². The number of pyridine rings is 1. The minimum Gasteiger partial charge on any atom is -0.368 e. The molecule has 0 radical (unpaired) electrons. The van der Waals surface area contributed by atoms with E-state index in [0.717, 1.165) is 42.8 Å². The van der Waals surface area contributed by atoms with Crippen molar-refractivity contribution >= 4 is 28.9 Å². The number of carbonyl (C=O) groups excluding carboxylic acids is 2. The highest BCUT2D eigenvalue weighted by atomic mass is 19.1. The first-order valence-electron chi connectivity index (χ1n) is 13.3. The van der Waals surface area contributed by atoms with E-state index in [-0.39, 0.29) is 23.8 Å². The summed E-state index contributed by atoms with van der Waals surface area (Å²) < 4.78 is 26.8. The van der Waals surface area contributed by atoms with Crippen molar-refractivity contribution in [2.75, 3.05) is 13.1 Å². The maximum atomic E-state index is 13.4. The molecular weight excluding hydrogens is 488 g/mol. The van der Waals surface area contributed by atoms with Gasteiger partial charge in [-0.2, -0.15) is 0 Å². The Labute approximate surface area is 220 Å². The molecule has 1 aliphatic carbocycles. The van der Waals surface area contributed by atoms with Crippen molar-refractivity contribution in [3.05, 3.63) is 71.6 Å². The van der Waals surface area contributed by atoms with E-state index in [2.05, 4.69) is 21.5 Å². The molecule has 9 heteroatoms. The summed E-state index contributed by atoms with van der Waals surface area (Å²) in [7, 11) is 0. The molecule has 200 valence electrons. The largest absolute Gasteiger partial charge is 0.368 e. The number of hydrogen-bond acceptors (Lipinski definition) is 4. The molecule has 1 aromatic carbocycles. The fourth-order valence-electron chi connectivity index (χ4n) is 5.96. The van der Waals surface area contributed by atoms with Crippen molar-refractivity contribution in [1.82, 2.24) is 20.2 Å². The number of aromatic amines is 1. The van der Waals surface area contributed by atoms with Gasteiger partial charge in [-0.25, -0.2) is 8.78 Å². The number of nitrogens with one attached hydrogen (secondary N) is 2. The molecule has 1 atom stereocenters. The summed E-state index contributed by atoms with van der Waals surface area (Å²) in [4.78, 5) is 34.6. The topological polar surface area (TPSA) is 104 Å². The second kappa shape index (κ2) is 11.4. The van der Waals surface area contributed by atoms with Gasteiger partial charge in [0, 0.05) is 43.7 Å². The summed E-state index contributed by atoms with van der Waals surface area (Å²) >= 11 is 0. The van der Waals surface area contributed by atoms with Crippen molar-refractivity contribution in [2.24, 2.45) is 11.7 Å². The van der Waals surface area contributed by atoms with Crippen molar-refractivity contribution in [1.29, 1.82) is 0 Å². The molecule has 2 aliphatic rings. The van der Waals surface area contributed by atoms with Gasteiger partial charge in [0.1, 0.15) is 11.6 Å². The molecule has 1 saturated carbocycles. The van der Waals surface area contributed by atoms with E-state index >= 15 is 0 Å². The predicted octanol–water partition coefficient (Wildman–Crippen LogP) is 4.26. The molecule has 0 bridgehead atoms. The highest BCUT2D eigenvalue weighted by Gasteiger charge is 2.34. The standard InChI is InChI=1S/C29H33F2N5O2/c30-21-14-18(15-22(31)16-21)3-8-26(37)36-12-9-20(10-13-36)27(29(32)38)35-23-6-4-19(5-7-23)24-17-34-25-2-1-11-33-28(24)25/h1-3,8,11,14-17,19-20,23,27,34-35H,4-7,9-10,12-13H2,(H2,32,38). The number of fused-ring (bicyclic) bond motifs is 1. The summed E-state index contributed by atoms with van der Waals surface area (Å²) in [6, 6.07) is 6.89. The van der Waals surface area contributed by atoms with Crippen LogP contribution >= 0.6 is 0 Å². The summed E-state index contributed by atoms with van der Waals surface area (Å²) in [5, 5.41) is 3.54. The summed E-state index contributed by atoms with van der Waals surface area (Å²) in [5.74, 6) is -1.46. The van der Waals surface area contributed by atoms with E-state index in [1.54, 1.807) is 4.90 Å². The normalized spacial score (nSPS) is 21.7. The molecule has 0 spiro atoms. The zero-order valence-corrected chi connectivity index (χ0v) is 21.2. The molecule has 1 aliphatic heterocycles. The van der Waals surface area contributed by atoms with Gasteiger partial charge < -0.3 is 20.9 Å². The first-order valence-corrected chi connectivity index (χ1v) is 13.3. The van der Waals surface area contributed by atoms with Gasteiger partial charge in [0.05, 0.1) is 17.1 Å². The van der Waals surface area contributed by atoms with Crippen molar-refractivity contribution in [3.63, 3.8) is 0 Å². The predicted molar refractivity (Wildman–Crippen MR) is 142 cm³/mol. The van der Waals surface area contributed by atoms with Crippen LogP contribution in [0.2, 0.25) is 0 Å². The number of halogens is 2. The third-order valence-corrected chi connectivity index (χ3v) is 7.98. The van der Waals surface area contributed by atoms with E-state index in [9.17, 15) is 18.4 Å². The molecule has 38 heavy (non-hydrogen) atoms. The first-order chi connectivity index (χ1) is 18.4. The Morgan fingerprint density at radius 3 is 2.47 bits per heavy atom. The van der Waals surface area contributed by atoms with E-state index < -0.39 is 17.7 Å². The first kappa shape index (κ1) is 26.0. The number of primary amides is 1. The fraction of sp³-hybridized carbons (Fsp3) is 0.414. The molecule has 1 saturated heterocycles. The third-order valence-electron chi connectivity index (χ3n) is 7.98. The molecule has 7 nitrogen and oxygen atoms in total. The average Bonchev–Trinajstić information content (AvgIpc) is 3.34. The van der Waals surface area contributed by atoms with E-state index in [4.69, 9.17) is 5.73 Å². The molecule has 1 unspecified atom stereocenters. The summed E-state index contributed by atoms with van der Waals surface area (Å²) in [6.45, 7) is 0.994. The molecule has 2 fully saturated rings. The molecule has 4 N–H and O–H groups in total. The van der Waals surface area contributed by atoms with Crippen LogP contribution in [0.3, 0.4) is 0 Å². The fourth-order valence-corrected chi connectivity index (χ4v) is 5.96. The molecule has 3 aromatic rings. The quantitative estimate of drug-likeness (QED) is 0.404. The Morgan fingerprint density at radius 1 is 1.08 bits per heavy atom. The molecule has 2 aromatic heterocycles. The van der Waals surface area contributed by atoms with Crippen molar-refractivity contribution < 1.29 is 18.4 Å². The third kappa shape index (κ3) is 5.93. The van der Waals surface area contributed by atoms with Gasteiger partial charge in [0.2, 0.25) is 11.8 Å². The maximum absolute atomic E-state index is 13.4. The Balaban J connectivity index is 1.12. The van der Waals surface area contributed by atoms with Crippen molar-refractivity contribution in [2.45, 2.75) is 56.5 Å². The van der Waals surface area contributed by atoms with Gasteiger partial charge in [-0.05, 0) is 91.8 Å². The van der Waals surface area contributed by atoms with E-state index in [1.807, 2.05) is 18.3 Å². The van der Waals surface area contributed by atoms with Gasteiger partial charge in [-0.15, -0.1) is 0 Å². The van der Waals surface area contributed by atoms with E-state index in [0.29, 0.717) is 37.4 Å². The number of nitrogens with zero attached hydrogens (tertiary/aromatic N) is 2. The number of hydrogen-bond donors (Lipinski definition) is 3. The number of carbonyl (C=O) groups is 2. The Kier molecular flexibility index (Phi) is 7.83. The minimum atomic E-state index is -0.689. The highest BCUT2D eigenvalue weighted by Crippen LogP contribution is 2.36. The zero-order valence-electron chi connectivity index (χ0n) is 21.2. The average molecular weight is 522 g/mol. The van der Waals surface area contributed by atoms with Gasteiger partial charge in [-0.1, -0.05) is 0 Å². The van der Waals surface area contributed by atoms with Crippen LogP contribution in [0.25, 0.3) is 17.1 Å². The highest BCUT2D eigenvalue weighted by molar-refractivity contribution is 5.92. The second-order valence-corrected chi connectivity index (χ2v) is 10.4. The molecule has 3 heterocycles.